The van der Waals surface area contributed by atoms with Crippen molar-refractivity contribution < 1.29 is 27.1 Å². The van der Waals surface area contributed by atoms with Crippen LogP contribution in [0.1, 0.15) is 138 Å². The molecule has 1 spiro atoms. The second-order valence-electron chi connectivity index (χ2n) is 12.7. The van der Waals surface area contributed by atoms with Crippen molar-refractivity contribution in [3.05, 3.63) is 69.8 Å². The van der Waals surface area contributed by atoms with Gasteiger partial charge >= 0.3 is 17.2 Å². The highest BCUT2D eigenvalue weighted by atomic mass is 31.2. The molecule has 0 saturated carbocycles. The fourth-order valence-corrected chi connectivity index (χ4v) is 7.86. The van der Waals surface area contributed by atoms with Crippen LogP contribution in [0.25, 0.3) is 0 Å². The van der Waals surface area contributed by atoms with Gasteiger partial charge in [-0.2, -0.15) is 0 Å². The molecule has 0 aliphatic carbocycles. The van der Waals surface area contributed by atoms with Gasteiger partial charge in [-0.25, -0.2) is 0 Å². The molecule has 4 unspecified atom stereocenters. The van der Waals surface area contributed by atoms with Crippen LogP contribution in [0.3, 0.4) is 0 Å². The summed E-state index contributed by atoms with van der Waals surface area (Å²) in [5.41, 5.74) is 7.64. The van der Waals surface area contributed by atoms with Crippen molar-refractivity contribution in [3.63, 3.8) is 0 Å². The van der Waals surface area contributed by atoms with Crippen LogP contribution in [0.4, 0.5) is 0 Å². The predicted molar refractivity (Wildman–Crippen MR) is 177 cm³/mol. The molecule has 8 heteroatoms. The highest BCUT2D eigenvalue weighted by Crippen LogP contribution is 2.53. The van der Waals surface area contributed by atoms with Crippen LogP contribution < -0.4 is 0 Å². The third-order valence-electron chi connectivity index (χ3n) is 9.54. The van der Waals surface area contributed by atoms with Gasteiger partial charge in [-0.1, -0.05) is 91.8 Å². The Morgan fingerprint density at radius 3 is 1.26 bits per heavy atom. The minimum absolute atomic E-state index is 0.329. The maximum Gasteiger partial charge on any atom is 0.333 e. The molecule has 0 radical (unpaired) electrons. The van der Waals surface area contributed by atoms with Crippen molar-refractivity contribution in [2.24, 2.45) is 5.41 Å². The molecule has 43 heavy (non-hydrogen) atoms. The first-order valence-electron chi connectivity index (χ1n) is 16.4. The van der Waals surface area contributed by atoms with E-state index in [-0.39, 0.29) is 5.41 Å². The topological polar surface area (TPSA) is 55.4 Å². The van der Waals surface area contributed by atoms with Crippen molar-refractivity contribution >= 4 is 17.2 Å². The quantitative estimate of drug-likeness (QED) is 0.193. The molecule has 0 N–H and O–H groups in total. The van der Waals surface area contributed by atoms with Gasteiger partial charge in [-0.05, 0) is 82.7 Å². The Kier molecular flexibility index (Phi) is 13.5. The lowest BCUT2D eigenvalue weighted by atomic mass is 9.88. The van der Waals surface area contributed by atoms with Crippen LogP contribution in [0.2, 0.25) is 0 Å². The Bertz CT molecular complexity index is 1050. The molecule has 240 valence electrons. The minimum atomic E-state index is -1.41. The van der Waals surface area contributed by atoms with E-state index in [2.05, 4.69) is 91.8 Å². The smallest absolute Gasteiger partial charge is 0.311 e. The zero-order valence-electron chi connectivity index (χ0n) is 27.7. The average Bonchev–Trinajstić information content (AvgIpc) is 3.06. The van der Waals surface area contributed by atoms with E-state index < -0.39 is 17.2 Å². The van der Waals surface area contributed by atoms with Gasteiger partial charge in [0.1, 0.15) is 0 Å². The van der Waals surface area contributed by atoms with Crippen molar-refractivity contribution in [1.29, 1.82) is 0 Å². The summed E-state index contributed by atoms with van der Waals surface area (Å²) in [5.74, 6) is 2.06. The van der Waals surface area contributed by atoms with Crippen molar-refractivity contribution in [3.8, 4) is 0 Å². The fraction of sp³-hybridized carbons (Fsp3) is 0.657. The van der Waals surface area contributed by atoms with E-state index >= 15 is 0 Å². The lowest BCUT2D eigenvalue weighted by Gasteiger charge is -2.41. The molecular weight excluding hydrogens is 578 g/mol. The molecule has 0 amide bonds. The van der Waals surface area contributed by atoms with Gasteiger partial charge in [0.05, 0.1) is 45.1 Å². The summed E-state index contributed by atoms with van der Waals surface area (Å²) < 4.78 is 36.7. The first kappa shape index (κ1) is 34.9. The first-order chi connectivity index (χ1) is 20.7. The van der Waals surface area contributed by atoms with E-state index in [1.54, 1.807) is 0 Å². The molecule has 0 bridgehead atoms. The summed E-state index contributed by atoms with van der Waals surface area (Å²) in [5, 5.41) is 0. The van der Waals surface area contributed by atoms with Gasteiger partial charge in [0.25, 0.3) is 0 Å². The Balaban J connectivity index is 1.26. The first-order valence-corrected chi connectivity index (χ1v) is 18.5. The third-order valence-corrected chi connectivity index (χ3v) is 11.6. The summed E-state index contributed by atoms with van der Waals surface area (Å²) in [6.45, 7) is 21.1. The highest BCUT2D eigenvalue weighted by Gasteiger charge is 2.44. The fourth-order valence-electron chi connectivity index (χ4n) is 5.41. The molecule has 2 aromatic rings. The normalized spacial score (nSPS) is 25.4. The summed E-state index contributed by atoms with van der Waals surface area (Å²) >= 11 is 0. The Morgan fingerprint density at radius 1 is 0.581 bits per heavy atom. The molecule has 2 aromatic carbocycles. The summed E-state index contributed by atoms with van der Waals surface area (Å²) in [6.07, 6.45) is 4.46. The van der Waals surface area contributed by atoms with E-state index in [9.17, 15) is 0 Å². The largest absolute Gasteiger partial charge is 0.333 e. The van der Waals surface area contributed by atoms with Gasteiger partial charge in [0.2, 0.25) is 0 Å². The standard InChI is InChI=1S/C35H54O6P2/c1-9-25(5)29-13-15-31(33(17-29)27(7)11-3)19-36-42-38-21-35(22-39-42)23-40-43(41-24-35)37-20-32-16-14-30(26(6)10-2)18-34(32)28(8)12-4/h13-18,25-28H,9-12,19-24H2,1-8H3. The van der Waals surface area contributed by atoms with Crippen molar-refractivity contribution in [2.75, 3.05) is 26.4 Å². The van der Waals surface area contributed by atoms with Crippen LogP contribution in [0.15, 0.2) is 36.4 Å². The third kappa shape index (κ3) is 9.08. The minimum Gasteiger partial charge on any atom is -0.311 e. The molecule has 2 fully saturated rings. The van der Waals surface area contributed by atoms with E-state index in [0.29, 0.717) is 63.3 Å². The SMILES string of the molecule is CCC(C)c1ccc(COP2OCC3(CO2)COP(OCc2ccc(C(C)CC)cc2C(C)CC)OC3)c(C(C)CC)c1. The molecule has 6 nitrogen and oxygen atoms in total. The Labute approximate surface area is 263 Å². The molecule has 4 atom stereocenters. The molecule has 2 saturated heterocycles. The number of rotatable bonds is 14. The Hall–Kier alpha value is -0.940. The average molecular weight is 633 g/mol. The second kappa shape index (κ2) is 16.6. The van der Waals surface area contributed by atoms with E-state index in [4.69, 9.17) is 27.1 Å². The lowest BCUT2D eigenvalue weighted by Crippen LogP contribution is -2.44. The summed E-state index contributed by atoms with van der Waals surface area (Å²) in [4.78, 5) is 0. The van der Waals surface area contributed by atoms with Crippen molar-refractivity contribution in [2.45, 2.75) is 118 Å². The van der Waals surface area contributed by atoms with E-state index in [0.717, 1.165) is 25.7 Å². The van der Waals surface area contributed by atoms with Crippen LogP contribution in [0, 0.1) is 5.41 Å². The molecular formula is C35H54O6P2. The zero-order chi connectivity index (χ0) is 31.0. The monoisotopic (exact) mass is 632 g/mol. The zero-order valence-corrected chi connectivity index (χ0v) is 29.5. The molecule has 2 aliphatic rings. The highest BCUT2D eigenvalue weighted by molar-refractivity contribution is 7.42. The lowest BCUT2D eigenvalue weighted by molar-refractivity contribution is -0.0772. The molecule has 2 aliphatic heterocycles. The van der Waals surface area contributed by atoms with Crippen LogP contribution in [0.5, 0.6) is 0 Å². The summed E-state index contributed by atoms with van der Waals surface area (Å²) in [7, 11) is -2.82. The number of hydrogen-bond donors (Lipinski definition) is 0. The number of benzene rings is 2. The van der Waals surface area contributed by atoms with Crippen molar-refractivity contribution in [1.82, 2.24) is 0 Å². The molecule has 2 heterocycles. The predicted octanol–water partition coefficient (Wildman–Crippen LogP) is 11.0. The maximum atomic E-state index is 6.16. The molecule has 4 rings (SSSR count). The van der Waals surface area contributed by atoms with Gasteiger partial charge in [-0.15, -0.1) is 0 Å². The second-order valence-corrected chi connectivity index (χ2v) is 15.2. The van der Waals surface area contributed by atoms with Crippen LogP contribution in [-0.2, 0) is 40.4 Å². The van der Waals surface area contributed by atoms with Crippen LogP contribution in [-0.4, -0.2) is 26.4 Å². The molecule has 0 aromatic heterocycles. The Morgan fingerprint density at radius 2 is 0.930 bits per heavy atom. The van der Waals surface area contributed by atoms with E-state index in [1.165, 1.54) is 33.4 Å². The van der Waals surface area contributed by atoms with E-state index in [1.807, 2.05) is 0 Å². The van der Waals surface area contributed by atoms with Gasteiger partial charge in [0, 0.05) is 0 Å². The maximum absolute atomic E-state index is 6.16. The van der Waals surface area contributed by atoms with Crippen LogP contribution >= 0.6 is 17.2 Å². The van der Waals surface area contributed by atoms with Gasteiger partial charge in [-0.3, -0.25) is 0 Å². The summed E-state index contributed by atoms with van der Waals surface area (Å²) in [6, 6.07) is 13.7. The van der Waals surface area contributed by atoms with Gasteiger partial charge in [0.15, 0.2) is 0 Å². The van der Waals surface area contributed by atoms with Gasteiger partial charge < -0.3 is 27.1 Å². The number of hydrogen-bond acceptors (Lipinski definition) is 6.